The first kappa shape index (κ1) is 17.9. The zero-order valence-electron chi connectivity index (χ0n) is 16.5. The van der Waals surface area contributed by atoms with Gasteiger partial charge in [0, 0.05) is 26.8 Å². The predicted molar refractivity (Wildman–Crippen MR) is 97.8 cm³/mol. The van der Waals surface area contributed by atoms with E-state index in [2.05, 4.69) is 11.9 Å². The molecule has 0 aromatic heterocycles. The summed E-state index contributed by atoms with van der Waals surface area (Å²) in [6.07, 6.45) is 8.75. The number of nitrogens with zero attached hydrogens (tertiary/aromatic N) is 1. The van der Waals surface area contributed by atoms with Crippen molar-refractivity contribution in [3.8, 4) is 0 Å². The molecule has 2 aliphatic heterocycles. The maximum Gasteiger partial charge on any atom is 0.147 e. The predicted octanol–water partition coefficient (Wildman–Crippen LogP) is 2.53. The zero-order chi connectivity index (χ0) is 17.8. The zero-order valence-corrected chi connectivity index (χ0v) is 16.5. The molecule has 0 aromatic carbocycles. The average molecular weight is 366 g/mol. The Morgan fingerprint density at radius 2 is 1.50 bits per heavy atom. The normalized spacial score (nSPS) is 54.1. The molecule has 0 spiro atoms. The van der Waals surface area contributed by atoms with Crippen LogP contribution in [0.5, 0.6) is 0 Å². The Morgan fingerprint density at radius 3 is 2.27 bits per heavy atom. The molecule has 0 radical (unpaired) electrons. The van der Waals surface area contributed by atoms with Gasteiger partial charge in [0.25, 0.3) is 0 Å². The van der Waals surface area contributed by atoms with Gasteiger partial charge in [-0.1, -0.05) is 0 Å². The Labute approximate surface area is 157 Å². The van der Waals surface area contributed by atoms with E-state index in [0.717, 1.165) is 42.1 Å². The molecule has 5 rings (SSSR count). The largest absolute Gasteiger partial charge is 0.379 e. The van der Waals surface area contributed by atoms with Crippen LogP contribution in [0.4, 0.5) is 0 Å². The molecule has 10 unspecified atom stereocenters. The number of likely N-dealkylation sites (tertiary alicyclic amines) is 1. The van der Waals surface area contributed by atoms with Crippen molar-refractivity contribution in [1.29, 1.82) is 0 Å². The fourth-order valence-corrected chi connectivity index (χ4v) is 7.53. The number of piperidine rings is 1. The molecule has 5 aliphatic rings. The van der Waals surface area contributed by atoms with Gasteiger partial charge in [0.15, 0.2) is 0 Å². The molecule has 5 nitrogen and oxygen atoms in total. The number of methoxy groups -OCH3 is 2. The number of rotatable bonds is 2. The van der Waals surface area contributed by atoms with Gasteiger partial charge in [-0.15, -0.1) is 0 Å². The molecule has 10 atom stereocenters. The van der Waals surface area contributed by atoms with Crippen LogP contribution in [0.15, 0.2) is 0 Å². The van der Waals surface area contributed by atoms with Crippen molar-refractivity contribution in [1.82, 2.24) is 4.90 Å². The van der Waals surface area contributed by atoms with Gasteiger partial charge in [0.1, 0.15) is 6.79 Å². The van der Waals surface area contributed by atoms with Crippen molar-refractivity contribution in [2.75, 3.05) is 34.6 Å². The van der Waals surface area contributed by atoms with E-state index in [4.69, 9.17) is 18.9 Å². The summed E-state index contributed by atoms with van der Waals surface area (Å²) >= 11 is 0. The molecule has 2 saturated heterocycles. The van der Waals surface area contributed by atoms with Gasteiger partial charge in [0.05, 0.1) is 24.4 Å². The van der Waals surface area contributed by atoms with Gasteiger partial charge in [-0.05, 0) is 75.2 Å². The second kappa shape index (κ2) is 7.00. The van der Waals surface area contributed by atoms with Crippen molar-refractivity contribution >= 4 is 0 Å². The highest BCUT2D eigenvalue weighted by Crippen LogP contribution is 2.54. The fourth-order valence-electron chi connectivity index (χ4n) is 7.53. The molecular formula is C21H35NO4. The molecule has 5 heteroatoms. The summed E-state index contributed by atoms with van der Waals surface area (Å²) in [6, 6.07) is 0.719. The minimum atomic E-state index is 0.266. The molecule has 3 aliphatic carbocycles. The Balaban J connectivity index is 1.37. The molecule has 0 aromatic rings. The molecule has 0 N–H and O–H groups in total. The summed E-state index contributed by atoms with van der Waals surface area (Å²) in [7, 11) is 6.08. The molecule has 3 saturated carbocycles. The van der Waals surface area contributed by atoms with Crippen LogP contribution in [0.1, 0.15) is 38.5 Å². The Hall–Kier alpha value is -0.200. The van der Waals surface area contributed by atoms with Gasteiger partial charge >= 0.3 is 0 Å². The van der Waals surface area contributed by atoms with Gasteiger partial charge in [-0.2, -0.15) is 0 Å². The SMILES string of the molecule is COC1CC2CN(C)C3C4CC5OCOC5CC4CCC3C2CC1OC. The van der Waals surface area contributed by atoms with Crippen molar-refractivity contribution < 1.29 is 18.9 Å². The average Bonchev–Trinajstić information content (AvgIpc) is 3.12. The standard InChI is InChI=1S/C21H35NO4/c1-22-10-13-7-17(23-2)18(24-3)8-15(13)14-5-4-12-6-19-20(26-11-25-19)9-16(12)21(14)22/h12-21H,4-11H2,1-3H3. The van der Waals surface area contributed by atoms with Gasteiger partial charge in [-0.3, -0.25) is 0 Å². The quantitative estimate of drug-likeness (QED) is 0.752. The van der Waals surface area contributed by atoms with Crippen LogP contribution in [0.2, 0.25) is 0 Å². The van der Waals surface area contributed by atoms with E-state index in [-0.39, 0.29) is 12.2 Å². The van der Waals surface area contributed by atoms with Crippen molar-refractivity contribution in [2.24, 2.45) is 29.6 Å². The lowest BCUT2D eigenvalue weighted by molar-refractivity contribution is -0.147. The summed E-state index contributed by atoms with van der Waals surface area (Å²) in [6.45, 7) is 1.73. The molecular weight excluding hydrogens is 330 g/mol. The van der Waals surface area contributed by atoms with E-state index < -0.39 is 0 Å². The number of hydrogen-bond acceptors (Lipinski definition) is 5. The fraction of sp³-hybridized carbons (Fsp3) is 1.00. The minimum absolute atomic E-state index is 0.266. The molecule has 2 heterocycles. The third-order valence-electron chi connectivity index (χ3n) is 8.62. The van der Waals surface area contributed by atoms with E-state index in [0.29, 0.717) is 19.0 Å². The lowest BCUT2D eigenvalue weighted by Crippen LogP contribution is -2.62. The molecule has 148 valence electrons. The maximum absolute atomic E-state index is 5.91. The van der Waals surface area contributed by atoms with Crippen molar-refractivity contribution in [2.45, 2.75) is 69.0 Å². The Bertz CT molecular complexity index is 516. The monoisotopic (exact) mass is 365 g/mol. The van der Waals surface area contributed by atoms with Gasteiger partial charge in [0.2, 0.25) is 0 Å². The lowest BCUT2D eigenvalue weighted by Gasteiger charge is -2.59. The van der Waals surface area contributed by atoms with Crippen LogP contribution in [0, 0.1) is 29.6 Å². The number of fused-ring (bicyclic) bond motifs is 6. The second-order valence-corrected chi connectivity index (χ2v) is 9.54. The molecule has 5 fully saturated rings. The first-order valence-corrected chi connectivity index (χ1v) is 10.7. The van der Waals surface area contributed by atoms with E-state index in [1.54, 1.807) is 0 Å². The number of hydrogen-bond donors (Lipinski definition) is 0. The third-order valence-corrected chi connectivity index (χ3v) is 8.62. The van der Waals surface area contributed by atoms with Crippen LogP contribution < -0.4 is 0 Å². The van der Waals surface area contributed by atoms with Gasteiger partial charge in [-0.25, -0.2) is 0 Å². The maximum atomic E-state index is 5.91. The molecule has 26 heavy (non-hydrogen) atoms. The van der Waals surface area contributed by atoms with Gasteiger partial charge < -0.3 is 23.8 Å². The molecule has 0 bridgehead atoms. The van der Waals surface area contributed by atoms with Crippen LogP contribution in [-0.4, -0.2) is 70.0 Å². The first-order valence-electron chi connectivity index (χ1n) is 10.7. The highest BCUT2D eigenvalue weighted by molar-refractivity contribution is 5.06. The highest BCUT2D eigenvalue weighted by Gasteiger charge is 2.55. The molecule has 0 amide bonds. The van der Waals surface area contributed by atoms with Crippen LogP contribution in [0.25, 0.3) is 0 Å². The smallest absolute Gasteiger partial charge is 0.147 e. The van der Waals surface area contributed by atoms with E-state index >= 15 is 0 Å². The van der Waals surface area contributed by atoms with Crippen molar-refractivity contribution in [3.63, 3.8) is 0 Å². The van der Waals surface area contributed by atoms with E-state index in [1.807, 2.05) is 14.2 Å². The van der Waals surface area contributed by atoms with E-state index in [1.165, 1.54) is 38.6 Å². The minimum Gasteiger partial charge on any atom is -0.379 e. The Kier molecular flexibility index (Phi) is 4.81. The van der Waals surface area contributed by atoms with E-state index in [9.17, 15) is 0 Å². The topological polar surface area (TPSA) is 40.2 Å². The number of ether oxygens (including phenoxy) is 4. The van der Waals surface area contributed by atoms with Crippen LogP contribution in [0.3, 0.4) is 0 Å². The lowest BCUT2D eigenvalue weighted by atomic mass is 9.55. The first-order chi connectivity index (χ1) is 12.7. The van der Waals surface area contributed by atoms with Crippen LogP contribution in [-0.2, 0) is 18.9 Å². The summed E-state index contributed by atoms with van der Waals surface area (Å²) < 4.78 is 23.4. The summed E-state index contributed by atoms with van der Waals surface area (Å²) in [5.74, 6) is 3.98. The van der Waals surface area contributed by atoms with Crippen molar-refractivity contribution in [3.05, 3.63) is 0 Å². The highest BCUT2D eigenvalue weighted by atomic mass is 16.7. The summed E-state index contributed by atoms with van der Waals surface area (Å²) in [5, 5.41) is 0. The summed E-state index contributed by atoms with van der Waals surface area (Å²) in [5.41, 5.74) is 0. The third kappa shape index (κ3) is 2.77. The van der Waals surface area contributed by atoms with Crippen LogP contribution >= 0.6 is 0 Å². The Morgan fingerprint density at radius 1 is 0.769 bits per heavy atom. The second-order valence-electron chi connectivity index (χ2n) is 9.54. The summed E-state index contributed by atoms with van der Waals surface area (Å²) in [4.78, 5) is 2.71.